The molecule has 0 amide bonds. The van der Waals surface area contributed by atoms with E-state index in [9.17, 15) is 4.79 Å². The van der Waals surface area contributed by atoms with Crippen molar-refractivity contribution < 1.29 is 14.6 Å². The standard InChI is InChI=1S/C24H30O3/c1-2-6-21(17-23(25)26)20-7-9-22(10-8-20)27-18-19-11-15-24(16-12-19)13-4-3-5-14-24/h7-11,21H,3-5,12-18H2,1H3,(H,25,26)/t21-/m0/s1. The Bertz CT molecular complexity index is 727. The Kier molecular flexibility index (Phi) is 6.61. The molecular formula is C24H30O3. The van der Waals surface area contributed by atoms with Gasteiger partial charge in [0.15, 0.2) is 0 Å². The third-order valence-electron chi connectivity index (χ3n) is 6.12. The maximum absolute atomic E-state index is 11.0. The third-order valence-corrected chi connectivity index (χ3v) is 6.12. The molecule has 144 valence electrons. The molecule has 1 atom stereocenters. The minimum Gasteiger partial charge on any atom is -0.489 e. The highest BCUT2D eigenvalue weighted by Gasteiger charge is 2.33. The van der Waals surface area contributed by atoms with Crippen molar-refractivity contribution >= 4 is 5.97 Å². The molecule has 27 heavy (non-hydrogen) atoms. The molecule has 2 aliphatic rings. The molecular weight excluding hydrogens is 336 g/mol. The van der Waals surface area contributed by atoms with E-state index in [2.05, 4.69) is 17.9 Å². The van der Waals surface area contributed by atoms with Crippen molar-refractivity contribution in [2.24, 2.45) is 5.41 Å². The highest BCUT2D eigenvalue weighted by atomic mass is 16.5. The van der Waals surface area contributed by atoms with Crippen LogP contribution < -0.4 is 4.74 Å². The number of hydrogen-bond acceptors (Lipinski definition) is 2. The van der Waals surface area contributed by atoms with Crippen molar-refractivity contribution in [2.75, 3.05) is 6.61 Å². The number of carboxylic acid groups (broad SMARTS) is 1. The summed E-state index contributed by atoms with van der Waals surface area (Å²) in [5.41, 5.74) is 2.93. The minimum atomic E-state index is -0.831. The van der Waals surface area contributed by atoms with Crippen molar-refractivity contribution in [1.29, 1.82) is 0 Å². The number of benzene rings is 1. The fourth-order valence-electron chi connectivity index (χ4n) is 4.45. The first kappa shape index (κ1) is 19.5. The van der Waals surface area contributed by atoms with Crippen LogP contribution >= 0.6 is 0 Å². The van der Waals surface area contributed by atoms with Crippen LogP contribution in [-0.2, 0) is 4.79 Å². The molecule has 0 unspecified atom stereocenters. The van der Waals surface area contributed by atoms with Crippen LogP contribution in [0.15, 0.2) is 35.9 Å². The van der Waals surface area contributed by atoms with E-state index in [1.807, 2.05) is 24.3 Å². The second kappa shape index (κ2) is 9.13. The lowest BCUT2D eigenvalue weighted by Gasteiger charge is -2.39. The van der Waals surface area contributed by atoms with E-state index in [1.165, 1.54) is 50.5 Å². The molecule has 1 aromatic carbocycles. The summed E-state index contributed by atoms with van der Waals surface area (Å²) in [5, 5.41) is 9.05. The van der Waals surface area contributed by atoms with Gasteiger partial charge >= 0.3 is 5.97 Å². The zero-order valence-corrected chi connectivity index (χ0v) is 16.3. The highest BCUT2D eigenvalue weighted by molar-refractivity contribution is 5.69. The van der Waals surface area contributed by atoms with E-state index in [4.69, 9.17) is 9.84 Å². The SMILES string of the molecule is CC#C[C@@H](CC(=O)O)c1ccc(OCC2=CCC3(CCCCC3)CC2)cc1. The van der Waals surface area contributed by atoms with Crippen molar-refractivity contribution in [2.45, 2.75) is 70.6 Å². The van der Waals surface area contributed by atoms with Gasteiger partial charge in [-0.1, -0.05) is 43.4 Å². The summed E-state index contributed by atoms with van der Waals surface area (Å²) >= 11 is 0. The molecule has 1 spiro atoms. The zero-order chi connectivity index (χ0) is 19.1. The number of ether oxygens (including phenoxy) is 1. The Morgan fingerprint density at radius 1 is 1.19 bits per heavy atom. The first-order chi connectivity index (χ1) is 13.1. The smallest absolute Gasteiger partial charge is 0.304 e. The van der Waals surface area contributed by atoms with Crippen molar-refractivity contribution in [3.63, 3.8) is 0 Å². The van der Waals surface area contributed by atoms with Crippen LogP contribution in [0.1, 0.15) is 76.2 Å². The van der Waals surface area contributed by atoms with Crippen molar-refractivity contribution in [3.8, 4) is 17.6 Å². The Balaban J connectivity index is 1.54. The number of carboxylic acids is 1. The monoisotopic (exact) mass is 366 g/mol. The summed E-state index contributed by atoms with van der Waals surface area (Å²) in [6.45, 7) is 2.39. The highest BCUT2D eigenvalue weighted by Crippen LogP contribution is 2.46. The molecule has 3 heteroatoms. The molecule has 3 nitrogen and oxygen atoms in total. The lowest BCUT2D eigenvalue weighted by Crippen LogP contribution is -2.26. The molecule has 1 fully saturated rings. The van der Waals surface area contributed by atoms with Gasteiger partial charge in [-0.2, -0.15) is 0 Å². The van der Waals surface area contributed by atoms with Crippen molar-refractivity contribution in [3.05, 3.63) is 41.5 Å². The summed E-state index contributed by atoms with van der Waals surface area (Å²) in [5.74, 6) is 5.54. The van der Waals surface area contributed by atoms with Gasteiger partial charge in [-0.3, -0.25) is 4.79 Å². The fourth-order valence-corrected chi connectivity index (χ4v) is 4.45. The zero-order valence-electron chi connectivity index (χ0n) is 16.3. The van der Waals surface area contributed by atoms with Crippen LogP contribution in [0.3, 0.4) is 0 Å². The van der Waals surface area contributed by atoms with Crippen LogP contribution in [0.2, 0.25) is 0 Å². The lowest BCUT2D eigenvalue weighted by atomic mass is 9.66. The predicted molar refractivity (Wildman–Crippen MR) is 108 cm³/mol. The fraction of sp³-hybridized carbons (Fsp3) is 0.542. The first-order valence-corrected chi connectivity index (χ1v) is 10.1. The van der Waals surface area contributed by atoms with Crippen LogP contribution in [0, 0.1) is 17.3 Å². The van der Waals surface area contributed by atoms with E-state index < -0.39 is 5.97 Å². The van der Waals surface area contributed by atoms with E-state index in [0.717, 1.165) is 17.7 Å². The third kappa shape index (κ3) is 5.39. The van der Waals surface area contributed by atoms with E-state index >= 15 is 0 Å². The molecule has 0 heterocycles. The maximum Gasteiger partial charge on any atom is 0.304 e. The molecule has 3 rings (SSSR count). The Labute approximate surface area is 162 Å². The molecule has 1 aromatic rings. The average molecular weight is 367 g/mol. The minimum absolute atomic E-state index is 0.0235. The largest absolute Gasteiger partial charge is 0.489 e. The Morgan fingerprint density at radius 2 is 1.93 bits per heavy atom. The Morgan fingerprint density at radius 3 is 2.52 bits per heavy atom. The number of rotatable bonds is 6. The van der Waals surface area contributed by atoms with Gasteiger partial charge in [0.05, 0.1) is 12.3 Å². The van der Waals surface area contributed by atoms with Crippen LogP contribution in [0.4, 0.5) is 0 Å². The van der Waals surface area contributed by atoms with Gasteiger partial charge < -0.3 is 9.84 Å². The van der Waals surface area contributed by atoms with Crippen LogP contribution in [-0.4, -0.2) is 17.7 Å². The lowest BCUT2D eigenvalue weighted by molar-refractivity contribution is -0.137. The number of hydrogen-bond donors (Lipinski definition) is 1. The van der Waals surface area contributed by atoms with Gasteiger partial charge in [-0.05, 0) is 67.7 Å². The van der Waals surface area contributed by atoms with E-state index in [0.29, 0.717) is 12.0 Å². The number of aliphatic carboxylic acids is 1. The predicted octanol–water partition coefficient (Wildman–Crippen LogP) is 5.71. The second-order valence-corrected chi connectivity index (χ2v) is 8.03. The molecule has 0 aliphatic heterocycles. The number of carbonyl (C=O) groups is 1. The summed E-state index contributed by atoms with van der Waals surface area (Å²) in [7, 11) is 0. The summed E-state index contributed by atoms with van der Waals surface area (Å²) in [6, 6.07) is 7.71. The van der Waals surface area contributed by atoms with Crippen LogP contribution in [0.25, 0.3) is 0 Å². The van der Waals surface area contributed by atoms with Gasteiger partial charge in [0.1, 0.15) is 12.4 Å². The first-order valence-electron chi connectivity index (χ1n) is 10.1. The molecule has 0 aromatic heterocycles. The average Bonchev–Trinajstić information content (AvgIpc) is 2.68. The second-order valence-electron chi connectivity index (χ2n) is 8.03. The molecule has 0 bridgehead atoms. The number of allylic oxidation sites excluding steroid dienone is 1. The van der Waals surface area contributed by atoms with Gasteiger partial charge in [-0.15, -0.1) is 5.92 Å². The Hall–Kier alpha value is -2.21. The summed E-state index contributed by atoms with van der Waals surface area (Å²) in [4.78, 5) is 11.0. The topological polar surface area (TPSA) is 46.5 Å². The molecule has 0 saturated heterocycles. The van der Waals surface area contributed by atoms with Crippen LogP contribution in [0.5, 0.6) is 5.75 Å². The van der Waals surface area contributed by atoms with Gasteiger partial charge in [0, 0.05) is 0 Å². The molecule has 1 N–H and O–H groups in total. The molecule has 1 saturated carbocycles. The summed E-state index contributed by atoms with van der Waals surface area (Å²) < 4.78 is 5.98. The maximum atomic E-state index is 11.0. The van der Waals surface area contributed by atoms with E-state index in [1.54, 1.807) is 6.92 Å². The van der Waals surface area contributed by atoms with Gasteiger partial charge in [0.2, 0.25) is 0 Å². The molecule has 0 radical (unpaired) electrons. The van der Waals surface area contributed by atoms with Gasteiger partial charge in [0.25, 0.3) is 0 Å². The quantitative estimate of drug-likeness (QED) is 0.518. The molecule has 2 aliphatic carbocycles. The summed E-state index contributed by atoms with van der Waals surface area (Å²) in [6.07, 6.45) is 13.1. The van der Waals surface area contributed by atoms with Gasteiger partial charge in [-0.25, -0.2) is 0 Å². The van der Waals surface area contributed by atoms with E-state index in [-0.39, 0.29) is 12.3 Å². The normalized spacial score (nSPS) is 19.5. The van der Waals surface area contributed by atoms with Crippen molar-refractivity contribution in [1.82, 2.24) is 0 Å².